The number of nitrogens with zero attached hydrogens (tertiary/aromatic N) is 3. The number of likely N-dealkylation sites (N-methyl/N-ethyl adjacent to an activating group) is 1. The van der Waals surface area contributed by atoms with Gasteiger partial charge in [-0.05, 0) is 30.7 Å². The number of nitrogens with one attached hydrogen (secondary N) is 1. The van der Waals surface area contributed by atoms with Gasteiger partial charge >= 0.3 is 0 Å². The molecule has 23 heavy (non-hydrogen) atoms. The maximum atomic E-state index is 13.8. The van der Waals surface area contributed by atoms with E-state index in [1.165, 1.54) is 6.07 Å². The molecular weight excluding hydrogens is 319 g/mol. The molecular formula is C16H20ClFN4O. The first-order valence-corrected chi connectivity index (χ1v) is 8.18. The Bertz CT molecular complexity index is 678. The third-order valence-electron chi connectivity index (χ3n) is 4.29. The molecule has 7 heteroatoms. The molecule has 0 aliphatic carbocycles. The topological polar surface area (TPSA) is 54.2 Å². The third kappa shape index (κ3) is 3.54. The average Bonchev–Trinajstić information content (AvgIpc) is 3.13. The summed E-state index contributed by atoms with van der Waals surface area (Å²) in [6, 6.07) is 5.37. The summed E-state index contributed by atoms with van der Waals surface area (Å²) in [6.45, 7) is 6.29. The van der Waals surface area contributed by atoms with Crippen LogP contribution in [0.15, 0.2) is 22.7 Å². The summed E-state index contributed by atoms with van der Waals surface area (Å²) in [4.78, 5) is 6.54. The summed E-state index contributed by atoms with van der Waals surface area (Å²) in [6.07, 6.45) is 0.986. The zero-order chi connectivity index (χ0) is 16.4. The lowest BCUT2D eigenvalue weighted by molar-refractivity contribution is 0.247. The highest BCUT2D eigenvalue weighted by Crippen LogP contribution is 2.33. The number of halogens is 2. The first kappa shape index (κ1) is 16.4. The first-order chi connectivity index (χ1) is 11.1. The van der Waals surface area contributed by atoms with Crippen LogP contribution >= 0.6 is 11.6 Å². The van der Waals surface area contributed by atoms with Crippen LogP contribution in [0.1, 0.15) is 36.7 Å². The van der Waals surface area contributed by atoms with Crippen LogP contribution in [0, 0.1) is 12.7 Å². The third-order valence-corrected chi connectivity index (χ3v) is 4.59. The monoisotopic (exact) mass is 338 g/mol. The van der Waals surface area contributed by atoms with Crippen LogP contribution in [0.3, 0.4) is 0 Å². The first-order valence-electron chi connectivity index (χ1n) is 7.80. The lowest BCUT2D eigenvalue weighted by Crippen LogP contribution is -2.36. The van der Waals surface area contributed by atoms with Crippen LogP contribution in [0.2, 0.25) is 5.02 Å². The Hall–Kier alpha value is -1.50. The van der Waals surface area contributed by atoms with E-state index >= 15 is 0 Å². The summed E-state index contributed by atoms with van der Waals surface area (Å²) in [5, 5.41) is 7.53. The Morgan fingerprint density at radius 2 is 2.30 bits per heavy atom. The zero-order valence-corrected chi connectivity index (χ0v) is 14.0. The number of aryl methyl sites for hydroxylation is 1. The Morgan fingerprint density at radius 1 is 1.48 bits per heavy atom. The fourth-order valence-electron chi connectivity index (χ4n) is 3.20. The highest BCUT2D eigenvalue weighted by molar-refractivity contribution is 6.30. The van der Waals surface area contributed by atoms with E-state index in [4.69, 9.17) is 16.1 Å². The van der Waals surface area contributed by atoms with Gasteiger partial charge in [-0.25, -0.2) is 4.39 Å². The van der Waals surface area contributed by atoms with E-state index in [2.05, 4.69) is 27.3 Å². The van der Waals surface area contributed by atoms with Crippen molar-refractivity contribution in [2.45, 2.75) is 38.9 Å². The maximum absolute atomic E-state index is 13.8. The van der Waals surface area contributed by atoms with Crippen LogP contribution < -0.4 is 5.32 Å². The summed E-state index contributed by atoms with van der Waals surface area (Å²) in [7, 11) is 0. The van der Waals surface area contributed by atoms with Gasteiger partial charge in [-0.3, -0.25) is 4.90 Å². The van der Waals surface area contributed by atoms with Crippen molar-refractivity contribution in [2.75, 3.05) is 13.1 Å². The van der Waals surface area contributed by atoms with Gasteiger partial charge in [-0.2, -0.15) is 4.98 Å². The second kappa shape index (κ2) is 6.95. The normalized spacial score (nSPS) is 21.9. The van der Waals surface area contributed by atoms with E-state index in [0.717, 1.165) is 25.1 Å². The predicted octanol–water partition coefficient (Wildman–Crippen LogP) is 3.10. The van der Waals surface area contributed by atoms with Gasteiger partial charge in [0.2, 0.25) is 5.89 Å². The molecule has 1 saturated heterocycles. The van der Waals surface area contributed by atoms with Crippen molar-refractivity contribution in [3.8, 4) is 0 Å². The van der Waals surface area contributed by atoms with Crippen LogP contribution in [0.5, 0.6) is 0 Å². The minimum absolute atomic E-state index is 0.111. The van der Waals surface area contributed by atoms with E-state index in [9.17, 15) is 4.39 Å². The number of likely N-dealkylation sites (tertiary alicyclic amines) is 1. The number of aromatic nitrogens is 2. The second-order valence-electron chi connectivity index (χ2n) is 5.75. The molecule has 1 aromatic heterocycles. The minimum Gasteiger partial charge on any atom is -0.340 e. The number of hydrogen-bond acceptors (Lipinski definition) is 5. The highest BCUT2D eigenvalue weighted by Gasteiger charge is 2.34. The Balaban J connectivity index is 1.76. The molecule has 124 valence electrons. The molecule has 2 unspecified atom stereocenters. The standard InChI is InChI=1S/C16H20ClFN4O/c1-3-22-7-6-14(19-9-15-20-10(2)23-21-15)16(22)11-4-5-12(17)13(18)8-11/h4-5,8,14,16,19H,3,6-7,9H2,1-2H3. The van der Waals surface area contributed by atoms with Gasteiger partial charge in [0, 0.05) is 19.5 Å². The largest absolute Gasteiger partial charge is 0.340 e. The van der Waals surface area contributed by atoms with Gasteiger partial charge in [0.15, 0.2) is 5.82 Å². The minimum atomic E-state index is -0.375. The molecule has 1 aliphatic rings. The van der Waals surface area contributed by atoms with Crippen molar-refractivity contribution in [2.24, 2.45) is 0 Å². The molecule has 1 aromatic carbocycles. The molecule has 1 N–H and O–H groups in total. The lowest BCUT2D eigenvalue weighted by Gasteiger charge is -2.28. The van der Waals surface area contributed by atoms with Crippen LogP contribution in [0.25, 0.3) is 0 Å². The smallest absolute Gasteiger partial charge is 0.223 e. The predicted molar refractivity (Wildman–Crippen MR) is 85.7 cm³/mol. The fourth-order valence-corrected chi connectivity index (χ4v) is 3.32. The van der Waals surface area contributed by atoms with E-state index in [1.807, 2.05) is 6.07 Å². The number of rotatable bonds is 5. The van der Waals surface area contributed by atoms with Crippen LogP contribution in [0.4, 0.5) is 4.39 Å². The van der Waals surface area contributed by atoms with Crippen molar-refractivity contribution in [1.82, 2.24) is 20.4 Å². The average molecular weight is 339 g/mol. The van der Waals surface area contributed by atoms with Gasteiger partial charge in [0.25, 0.3) is 0 Å². The molecule has 3 rings (SSSR count). The molecule has 1 fully saturated rings. The molecule has 0 spiro atoms. The molecule has 0 saturated carbocycles. The lowest BCUT2D eigenvalue weighted by atomic mass is 10.00. The van der Waals surface area contributed by atoms with Gasteiger partial charge in [0.05, 0.1) is 17.6 Å². The van der Waals surface area contributed by atoms with Crippen LogP contribution in [-0.4, -0.2) is 34.2 Å². The molecule has 2 atom stereocenters. The van der Waals surface area contributed by atoms with Crippen molar-refractivity contribution < 1.29 is 8.91 Å². The van der Waals surface area contributed by atoms with E-state index in [1.54, 1.807) is 13.0 Å². The van der Waals surface area contributed by atoms with Crippen LogP contribution in [-0.2, 0) is 6.54 Å². The van der Waals surface area contributed by atoms with Gasteiger partial charge in [-0.1, -0.05) is 29.7 Å². The van der Waals surface area contributed by atoms with Crippen molar-refractivity contribution >= 4 is 11.6 Å². The van der Waals surface area contributed by atoms with Crippen molar-refractivity contribution in [3.05, 3.63) is 46.3 Å². The van der Waals surface area contributed by atoms with Crippen molar-refractivity contribution in [1.29, 1.82) is 0 Å². The summed E-state index contributed by atoms with van der Waals surface area (Å²) >= 11 is 5.81. The quantitative estimate of drug-likeness (QED) is 0.908. The molecule has 2 heterocycles. The van der Waals surface area contributed by atoms with E-state index < -0.39 is 0 Å². The summed E-state index contributed by atoms with van der Waals surface area (Å²) in [5.41, 5.74) is 0.938. The van der Waals surface area contributed by atoms with E-state index in [-0.39, 0.29) is 22.9 Å². The Morgan fingerprint density at radius 3 is 2.96 bits per heavy atom. The Labute approximate surface area is 139 Å². The number of benzene rings is 1. The number of hydrogen-bond donors (Lipinski definition) is 1. The molecule has 5 nitrogen and oxygen atoms in total. The van der Waals surface area contributed by atoms with Crippen molar-refractivity contribution in [3.63, 3.8) is 0 Å². The van der Waals surface area contributed by atoms with Gasteiger partial charge in [-0.15, -0.1) is 0 Å². The second-order valence-corrected chi connectivity index (χ2v) is 6.16. The zero-order valence-electron chi connectivity index (χ0n) is 13.2. The molecule has 0 bridgehead atoms. The SMILES string of the molecule is CCN1CCC(NCc2noc(C)n2)C1c1ccc(Cl)c(F)c1. The van der Waals surface area contributed by atoms with E-state index in [0.29, 0.717) is 18.3 Å². The molecule has 0 amide bonds. The Kier molecular flexibility index (Phi) is 4.94. The fraction of sp³-hybridized carbons (Fsp3) is 0.500. The molecule has 0 radical (unpaired) electrons. The van der Waals surface area contributed by atoms with Gasteiger partial charge in [0.1, 0.15) is 5.82 Å². The molecule has 2 aromatic rings. The summed E-state index contributed by atoms with van der Waals surface area (Å²) in [5.74, 6) is 0.817. The molecule has 1 aliphatic heterocycles. The summed E-state index contributed by atoms with van der Waals surface area (Å²) < 4.78 is 18.8. The van der Waals surface area contributed by atoms with Gasteiger partial charge < -0.3 is 9.84 Å². The maximum Gasteiger partial charge on any atom is 0.223 e. The highest BCUT2D eigenvalue weighted by atomic mass is 35.5.